The molecule has 1 atom stereocenters. The van der Waals surface area contributed by atoms with Crippen molar-refractivity contribution in [3.63, 3.8) is 0 Å². The van der Waals surface area contributed by atoms with E-state index in [1.807, 2.05) is 12.4 Å². The molecular weight excluding hydrogens is 208 g/mol. The Morgan fingerprint density at radius 3 is 3.07 bits per heavy atom. The van der Waals surface area contributed by atoms with Crippen LogP contribution in [0.2, 0.25) is 0 Å². The third-order valence-electron chi connectivity index (χ3n) is 2.64. The van der Waals surface area contributed by atoms with E-state index in [2.05, 4.69) is 30.0 Å². The number of aryl methyl sites for hydroxylation is 1. The minimum Gasteiger partial charge on any atom is -0.315 e. The van der Waals surface area contributed by atoms with Crippen LogP contribution < -0.4 is 4.90 Å². The smallest absolute Gasteiger partial charge is 0.216 e. The summed E-state index contributed by atoms with van der Waals surface area (Å²) in [6.45, 7) is 2.08. The molecule has 0 spiro atoms. The molecule has 0 saturated carbocycles. The summed E-state index contributed by atoms with van der Waals surface area (Å²) in [6, 6.07) is 6.37. The van der Waals surface area contributed by atoms with Crippen LogP contribution >= 0.6 is 11.8 Å². The van der Waals surface area contributed by atoms with Gasteiger partial charge in [0.2, 0.25) is 6.41 Å². The topological polar surface area (TPSA) is 23.6 Å². The first kappa shape index (κ1) is 8.85. The van der Waals surface area contributed by atoms with Gasteiger partial charge in [-0.3, -0.25) is 9.69 Å². The van der Waals surface area contributed by atoms with E-state index in [-0.39, 0.29) is 5.50 Å². The van der Waals surface area contributed by atoms with E-state index in [0.717, 1.165) is 6.41 Å². The van der Waals surface area contributed by atoms with Gasteiger partial charge in [-0.1, -0.05) is 17.8 Å². The fourth-order valence-electron chi connectivity index (χ4n) is 1.89. The van der Waals surface area contributed by atoms with Gasteiger partial charge in [0, 0.05) is 17.3 Å². The van der Waals surface area contributed by atoms with Gasteiger partial charge in [-0.25, -0.2) is 0 Å². The van der Waals surface area contributed by atoms with Gasteiger partial charge in [-0.2, -0.15) is 0 Å². The molecule has 1 amide bonds. The lowest BCUT2D eigenvalue weighted by atomic mass is 10.2. The van der Waals surface area contributed by atoms with Crippen LogP contribution in [0.4, 0.5) is 5.69 Å². The Morgan fingerprint density at radius 1 is 1.40 bits per heavy atom. The lowest BCUT2D eigenvalue weighted by Gasteiger charge is -2.20. The highest BCUT2D eigenvalue weighted by Crippen LogP contribution is 2.46. The third kappa shape index (κ3) is 1.18. The van der Waals surface area contributed by atoms with Gasteiger partial charge in [0.25, 0.3) is 0 Å². The van der Waals surface area contributed by atoms with E-state index in [0.29, 0.717) is 0 Å². The van der Waals surface area contributed by atoms with Crippen LogP contribution in [-0.2, 0) is 4.79 Å². The highest BCUT2D eigenvalue weighted by molar-refractivity contribution is 8.00. The van der Waals surface area contributed by atoms with E-state index in [1.165, 1.54) is 16.1 Å². The van der Waals surface area contributed by atoms with Crippen molar-refractivity contribution < 1.29 is 4.79 Å². The second-order valence-corrected chi connectivity index (χ2v) is 4.77. The Morgan fingerprint density at radius 2 is 2.27 bits per heavy atom. The lowest BCUT2D eigenvalue weighted by Crippen LogP contribution is -2.31. The summed E-state index contributed by atoms with van der Waals surface area (Å²) in [5, 5.41) is 0. The number of rotatable bonds is 1. The third-order valence-corrected chi connectivity index (χ3v) is 3.92. The van der Waals surface area contributed by atoms with E-state index in [1.54, 1.807) is 16.7 Å². The monoisotopic (exact) mass is 218 g/mol. The van der Waals surface area contributed by atoms with Gasteiger partial charge in [0.1, 0.15) is 0 Å². The SMILES string of the molecule is Cc1ccc2c(c1)N1C=CN(C=O)C1S2. The lowest BCUT2D eigenvalue weighted by molar-refractivity contribution is -0.115. The van der Waals surface area contributed by atoms with Crippen LogP contribution in [0.3, 0.4) is 0 Å². The fraction of sp³-hybridized carbons (Fsp3) is 0.182. The van der Waals surface area contributed by atoms with Crippen LogP contribution in [0.15, 0.2) is 35.5 Å². The molecule has 0 fully saturated rings. The molecule has 1 aromatic rings. The van der Waals surface area contributed by atoms with Gasteiger partial charge in [0.15, 0.2) is 5.50 Å². The maximum Gasteiger partial charge on any atom is 0.216 e. The van der Waals surface area contributed by atoms with E-state index in [4.69, 9.17) is 0 Å². The molecule has 2 aliphatic heterocycles. The Labute approximate surface area is 92.4 Å². The fourth-order valence-corrected chi connectivity index (χ4v) is 3.08. The Hall–Kier alpha value is -1.42. The van der Waals surface area contributed by atoms with Crippen molar-refractivity contribution in [2.75, 3.05) is 4.90 Å². The standard InChI is InChI=1S/C11H10N2OS/c1-8-2-3-10-9(6-8)13-5-4-12(7-14)11(13)15-10/h2-7,11H,1H3. The first-order valence-electron chi connectivity index (χ1n) is 4.76. The quantitative estimate of drug-likeness (QED) is 0.675. The van der Waals surface area contributed by atoms with Crippen LogP contribution in [0.25, 0.3) is 0 Å². The summed E-state index contributed by atoms with van der Waals surface area (Å²) in [6.07, 6.45) is 4.64. The van der Waals surface area contributed by atoms with Crippen LogP contribution in [0.5, 0.6) is 0 Å². The predicted molar refractivity (Wildman–Crippen MR) is 60.3 cm³/mol. The Kier molecular flexibility index (Phi) is 1.79. The number of benzene rings is 1. The van der Waals surface area contributed by atoms with Gasteiger partial charge in [-0.15, -0.1) is 0 Å². The van der Waals surface area contributed by atoms with Gasteiger partial charge < -0.3 is 4.90 Å². The van der Waals surface area contributed by atoms with Crippen molar-refractivity contribution in [1.82, 2.24) is 4.90 Å². The summed E-state index contributed by atoms with van der Waals surface area (Å²) >= 11 is 1.71. The Balaban J connectivity index is 2.05. The molecule has 3 rings (SSSR count). The number of hydrogen-bond donors (Lipinski definition) is 0. The van der Waals surface area contributed by atoms with E-state index >= 15 is 0 Å². The normalized spacial score (nSPS) is 21.8. The first-order valence-corrected chi connectivity index (χ1v) is 5.64. The zero-order chi connectivity index (χ0) is 10.4. The molecule has 2 aliphatic rings. The Bertz CT molecular complexity index is 458. The molecule has 4 heteroatoms. The zero-order valence-corrected chi connectivity index (χ0v) is 9.07. The van der Waals surface area contributed by atoms with Crippen molar-refractivity contribution in [2.45, 2.75) is 17.3 Å². The molecule has 0 bridgehead atoms. The van der Waals surface area contributed by atoms with Crippen molar-refractivity contribution in [3.05, 3.63) is 36.2 Å². The predicted octanol–water partition coefficient (Wildman–Crippen LogP) is 2.13. The number of nitrogens with zero attached hydrogens (tertiary/aromatic N) is 2. The van der Waals surface area contributed by atoms with Crippen LogP contribution in [-0.4, -0.2) is 16.8 Å². The maximum atomic E-state index is 10.8. The minimum absolute atomic E-state index is 0.0827. The molecule has 15 heavy (non-hydrogen) atoms. The molecule has 1 aromatic carbocycles. The highest BCUT2D eigenvalue weighted by Gasteiger charge is 2.35. The number of thioether (sulfide) groups is 1. The number of carbonyl (C=O) groups excluding carboxylic acids is 1. The molecule has 0 aliphatic carbocycles. The van der Waals surface area contributed by atoms with Crippen molar-refractivity contribution in [2.24, 2.45) is 0 Å². The molecule has 76 valence electrons. The summed E-state index contributed by atoms with van der Waals surface area (Å²) in [5.74, 6) is 0. The summed E-state index contributed by atoms with van der Waals surface area (Å²) in [7, 11) is 0. The first-order chi connectivity index (χ1) is 7.29. The van der Waals surface area contributed by atoms with Crippen molar-refractivity contribution in [3.8, 4) is 0 Å². The summed E-state index contributed by atoms with van der Waals surface area (Å²) in [4.78, 5) is 15.8. The average molecular weight is 218 g/mol. The maximum absolute atomic E-state index is 10.8. The molecule has 0 aromatic heterocycles. The van der Waals surface area contributed by atoms with Crippen molar-refractivity contribution in [1.29, 1.82) is 0 Å². The largest absolute Gasteiger partial charge is 0.315 e. The number of anilines is 1. The molecular formula is C11H10N2OS. The number of carbonyl (C=O) groups is 1. The molecule has 0 radical (unpaired) electrons. The number of fused-ring (bicyclic) bond motifs is 3. The molecule has 2 heterocycles. The van der Waals surface area contributed by atoms with E-state index in [9.17, 15) is 4.79 Å². The molecule has 0 N–H and O–H groups in total. The average Bonchev–Trinajstić information content (AvgIpc) is 2.76. The minimum atomic E-state index is 0.0827. The second kappa shape index (κ2) is 3.03. The van der Waals surface area contributed by atoms with Crippen LogP contribution in [0.1, 0.15) is 5.56 Å². The number of hydrogen-bond acceptors (Lipinski definition) is 3. The highest BCUT2D eigenvalue weighted by atomic mass is 32.2. The molecule has 0 saturated heterocycles. The van der Waals surface area contributed by atoms with Crippen LogP contribution in [0, 0.1) is 6.92 Å². The molecule has 3 nitrogen and oxygen atoms in total. The molecule has 1 unspecified atom stereocenters. The van der Waals surface area contributed by atoms with Gasteiger partial charge >= 0.3 is 0 Å². The van der Waals surface area contributed by atoms with Gasteiger partial charge in [-0.05, 0) is 24.6 Å². The number of amides is 1. The zero-order valence-electron chi connectivity index (χ0n) is 8.25. The summed E-state index contributed by atoms with van der Waals surface area (Å²) < 4.78 is 0. The summed E-state index contributed by atoms with van der Waals surface area (Å²) in [5.41, 5.74) is 2.53. The van der Waals surface area contributed by atoms with E-state index < -0.39 is 0 Å². The van der Waals surface area contributed by atoms with Gasteiger partial charge in [0.05, 0.1) is 5.69 Å². The van der Waals surface area contributed by atoms with Crippen molar-refractivity contribution >= 4 is 23.9 Å². The second-order valence-electron chi connectivity index (χ2n) is 3.67.